The lowest BCUT2D eigenvalue weighted by Gasteiger charge is -2.27. The molecule has 0 aromatic carbocycles. The maximum absolute atomic E-state index is 10.5. The lowest BCUT2D eigenvalue weighted by molar-refractivity contribution is 0.0747. The van der Waals surface area contributed by atoms with Gasteiger partial charge in [0.05, 0.1) is 12.1 Å². The molecule has 0 amide bonds. The van der Waals surface area contributed by atoms with Crippen molar-refractivity contribution in [3.63, 3.8) is 0 Å². The van der Waals surface area contributed by atoms with Crippen molar-refractivity contribution < 1.29 is 9.84 Å². The molecular formula is C27H44N4O2. The molecule has 0 radical (unpaired) electrons. The van der Waals surface area contributed by atoms with Crippen LogP contribution in [0.25, 0.3) is 0 Å². The number of hydrogen-bond acceptors (Lipinski definition) is 6. The van der Waals surface area contributed by atoms with Gasteiger partial charge in [-0.05, 0) is 88.4 Å². The summed E-state index contributed by atoms with van der Waals surface area (Å²) < 4.78 is 5.52. The van der Waals surface area contributed by atoms with E-state index in [-0.39, 0.29) is 12.1 Å². The molecule has 0 fully saturated rings. The number of allylic oxidation sites excluding steroid dienone is 3. The largest absolute Gasteiger partial charge is 0.510 e. The smallest absolute Gasteiger partial charge is 0.129 e. The molecule has 6 nitrogen and oxygen atoms in total. The van der Waals surface area contributed by atoms with Gasteiger partial charge in [-0.1, -0.05) is 25.6 Å². The highest BCUT2D eigenvalue weighted by atomic mass is 16.5. The number of hydrogen-bond donors (Lipinski definition) is 3. The van der Waals surface area contributed by atoms with E-state index >= 15 is 0 Å². The van der Waals surface area contributed by atoms with Gasteiger partial charge in [0.15, 0.2) is 0 Å². The minimum absolute atomic E-state index is 0.103. The van der Waals surface area contributed by atoms with Crippen LogP contribution >= 0.6 is 0 Å². The van der Waals surface area contributed by atoms with E-state index in [1.165, 1.54) is 17.7 Å². The molecule has 3 N–H and O–H groups in total. The SMILES string of the molecule is C=C/C=C/NC(CCN(CCCCc1ccc2c(n1)NCCC2)C[C@@H](C)OC)/C(O)=C\CC. The Labute approximate surface area is 200 Å². The normalized spacial score (nSPS) is 15.8. The molecule has 0 bridgehead atoms. The minimum atomic E-state index is -0.103. The number of rotatable bonds is 16. The molecule has 0 saturated carbocycles. The van der Waals surface area contributed by atoms with Gasteiger partial charge in [-0.2, -0.15) is 0 Å². The first kappa shape index (κ1) is 26.9. The number of nitrogens with one attached hydrogen (secondary N) is 2. The summed E-state index contributed by atoms with van der Waals surface area (Å²) in [6.45, 7) is 11.6. The van der Waals surface area contributed by atoms with Crippen molar-refractivity contribution in [3.8, 4) is 0 Å². The van der Waals surface area contributed by atoms with Crippen LogP contribution in [0, 0.1) is 0 Å². The van der Waals surface area contributed by atoms with Crippen molar-refractivity contribution >= 4 is 5.82 Å². The first-order valence-corrected chi connectivity index (χ1v) is 12.5. The van der Waals surface area contributed by atoms with Crippen LogP contribution < -0.4 is 10.6 Å². The Kier molecular flexibility index (Phi) is 12.7. The molecule has 2 atom stereocenters. The Bertz CT molecular complexity index is 762. The number of anilines is 1. The van der Waals surface area contributed by atoms with Crippen molar-refractivity contribution in [1.82, 2.24) is 15.2 Å². The number of methoxy groups -OCH3 is 1. The molecule has 1 aliphatic heterocycles. The Morgan fingerprint density at radius 3 is 2.97 bits per heavy atom. The molecule has 6 heteroatoms. The second-order valence-electron chi connectivity index (χ2n) is 8.78. The van der Waals surface area contributed by atoms with Crippen molar-refractivity contribution in [1.29, 1.82) is 0 Å². The van der Waals surface area contributed by atoms with E-state index in [9.17, 15) is 5.11 Å². The van der Waals surface area contributed by atoms with Gasteiger partial charge >= 0.3 is 0 Å². The average molecular weight is 457 g/mol. The van der Waals surface area contributed by atoms with E-state index < -0.39 is 0 Å². The lowest BCUT2D eigenvalue weighted by Crippen LogP contribution is -2.37. The zero-order chi connectivity index (χ0) is 23.9. The summed E-state index contributed by atoms with van der Waals surface area (Å²) >= 11 is 0. The fraction of sp³-hybridized carbons (Fsp3) is 0.593. The maximum Gasteiger partial charge on any atom is 0.129 e. The van der Waals surface area contributed by atoms with Gasteiger partial charge in [-0.15, -0.1) is 0 Å². The molecule has 0 aliphatic carbocycles. The molecule has 2 heterocycles. The van der Waals surface area contributed by atoms with Crippen LogP contribution in [0.1, 0.15) is 57.2 Å². The predicted molar refractivity (Wildman–Crippen MR) is 139 cm³/mol. The number of fused-ring (bicyclic) bond motifs is 1. The fourth-order valence-corrected chi connectivity index (χ4v) is 4.10. The third-order valence-corrected chi connectivity index (χ3v) is 6.06. The number of pyridine rings is 1. The zero-order valence-electron chi connectivity index (χ0n) is 20.9. The highest BCUT2D eigenvalue weighted by molar-refractivity contribution is 5.46. The summed E-state index contributed by atoms with van der Waals surface area (Å²) in [6, 6.07) is 4.32. The fourth-order valence-electron chi connectivity index (χ4n) is 4.10. The highest BCUT2D eigenvalue weighted by Crippen LogP contribution is 2.20. The van der Waals surface area contributed by atoms with Crippen LogP contribution in [0.5, 0.6) is 0 Å². The van der Waals surface area contributed by atoms with E-state index in [1.807, 2.05) is 25.3 Å². The predicted octanol–water partition coefficient (Wildman–Crippen LogP) is 5.00. The van der Waals surface area contributed by atoms with Gasteiger partial charge in [0.25, 0.3) is 0 Å². The maximum atomic E-state index is 10.5. The number of nitrogens with zero attached hydrogens (tertiary/aromatic N) is 2. The van der Waals surface area contributed by atoms with E-state index in [1.54, 1.807) is 13.2 Å². The molecule has 1 unspecified atom stereocenters. The number of aliphatic hydroxyl groups is 1. The van der Waals surface area contributed by atoms with Gasteiger partial charge in [0.2, 0.25) is 0 Å². The number of aromatic nitrogens is 1. The van der Waals surface area contributed by atoms with Crippen molar-refractivity contribution in [3.05, 3.63) is 60.2 Å². The van der Waals surface area contributed by atoms with E-state index in [0.717, 1.165) is 70.5 Å². The number of aryl methyl sites for hydroxylation is 2. The number of ether oxygens (including phenoxy) is 1. The highest BCUT2D eigenvalue weighted by Gasteiger charge is 2.16. The van der Waals surface area contributed by atoms with Crippen molar-refractivity contribution in [2.75, 3.05) is 38.6 Å². The second-order valence-corrected chi connectivity index (χ2v) is 8.78. The lowest BCUT2D eigenvalue weighted by atomic mass is 10.1. The monoisotopic (exact) mass is 456 g/mol. The molecule has 1 aromatic heterocycles. The molecule has 1 aromatic rings. The first-order chi connectivity index (χ1) is 16.1. The summed E-state index contributed by atoms with van der Waals surface area (Å²) in [5, 5.41) is 17.2. The van der Waals surface area contributed by atoms with Gasteiger partial charge in [-0.3, -0.25) is 0 Å². The zero-order valence-corrected chi connectivity index (χ0v) is 20.9. The van der Waals surface area contributed by atoms with Crippen LogP contribution in [0.2, 0.25) is 0 Å². The molecule has 0 spiro atoms. The van der Waals surface area contributed by atoms with Crippen LogP contribution in [0.15, 0.2) is 48.9 Å². The summed E-state index contributed by atoms with van der Waals surface area (Å²) in [6.07, 6.45) is 14.6. The Hall–Kier alpha value is -2.31. The molecule has 184 valence electrons. The van der Waals surface area contributed by atoms with Gasteiger partial charge < -0.3 is 25.4 Å². The van der Waals surface area contributed by atoms with Crippen molar-refractivity contribution in [2.45, 2.75) is 70.9 Å². The first-order valence-electron chi connectivity index (χ1n) is 12.5. The van der Waals surface area contributed by atoms with Crippen LogP contribution in [0.3, 0.4) is 0 Å². The molecule has 0 saturated heterocycles. The van der Waals surface area contributed by atoms with E-state index in [4.69, 9.17) is 9.72 Å². The van der Waals surface area contributed by atoms with Gasteiger partial charge in [-0.25, -0.2) is 4.98 Å². The summed E-state index contributed by atoms with van der Waals surface area (Å²) in [7, 11) is 1.76. The Morgan fingerprint density at radius 1 is 1.36 bits per heavy atom. The molecule has 2 rings (SSSR count). The summed E-state index contributed by atoms with van der Waals surface area (Å²) in [4.78, 5) is 7.27. The third-order valence-electron chi connectivity index (χ3n) is 6.06. The minimum Gasteiger partial charge on any atom is -0.510 e. The van der Waals surface area contributed by atoms with E-state index in [2.05, 4.69) is 41.2 Å². The average Bonchev–Trinajstić information content (AvgIpc) is 2.83. The van der Waals surface area contributed by atoms with Gasteiger partial charge in [0.1, 0.15) is 11.6 Å². The quantitative estimate of drug-likeness (QED) is 0.185. The summed E-state index contributed by atoms with van der Waals surface area (Å²) in [5.41, 5.74) is 2.52. The standard InChI is InChI=1S/C27H44N4O2/c1-5-7-17-28-25(26(32)11-6-2)16-20-31(21-22(3)33-4)19-9-8-13-24-15-14-23-12-10-18-29-27(23)30-24/h5,7,11,14-15,17,22,25,28,32H,1,6,8-10,12-13,16,18-21H2,2-4H3,(H,29,30)/b17-7+,26-11+/t22-,25?/m1/s1. The number of unbranched alkanes of at least 4 members (excludes halogenated alkanes) is 1. The third kappa shape index (κ3) is 10.0. The van der Waals surface area contributed by atoms with Crippen LogP contribution in [0.4, 0.5) is 5.82 Å². The van der Waals surface area contributed by atoms with Crippen LogP contribution in [-0.4, -0.2) is 60.4 Å². The van der Waals surface area contributed by atoms with Crippen LogP contribution in [-0.2, 0) is 17.6 Å². The Morgan fingerprint density at radius 2 is 2.21 bits per heavy atom. The summed E-state index contributed by atoms with van der Waals surface area (Å²) in [5.74, 6) is 1.48. The molecule has 1 aliphatic rings. The second kappa shape index (κ2) is 15.5. The van der Waals surface area contributed by atoms with E-state index in [0.29, 0.717) is 5.76 Å². The molecule has 33 heavy (non-hydrogen) atoms. The topological polar surface area (TPSA) is 69.7 Å². The Balaban J connectivity index is 1.87. The number of aliphatic hydroxyl groups excluding tert-OH is 1. The molecular weight excluding hydrogens is 412 g/mol. The van der Waals surface area contributed by atoms with Gasteiger partial charge in [0, 0.05) is 32.4 Å². The van der Waals surface area contributed by atoms with Crippen molar-refractivity contribution in [2.24, 2.45) is 0 Å².